The number of aryl methyl sites for hydroxylation is 1. The Bertz CT molecular complexity index is 645. The van der Waals surface area contributed by atoms with Gasteiger partial charge in [-0.05, 0) is 17.7 Å². The Morgan fingerprint density at radius 3 is 2.82 bits per heavy atom. The molecule has 0 radical (unpaired) electrons. The van der Waals surface area contributed by atoms with Gasteiger partial charge in [0.1, 0.15) is 19.2 Å². The molecule has 1 N–H and O–H groups in total. The summed E-state index contributed by atoms with van der Waals surface area (Å²) < 4.78 is 2.42. The lowest BCUT2D eigenvalue weighted by Gasteiger charge is -2.21. The summed E-state index contributed by atoms with van der Waals surface area (Å²) in [5, 5.41) is 12.9. The molecule has 22 heavy (non-hydrogen) atoms. The maximum atomic E-state index is 12.3. The van der Waals surface area contributed by atoms with Crippen LogP contribution in [0.3, 0.4) is 0 Å². The van der Waals surface area contributed by atoms with Crippen molar-refractivity contribution < 1.29 is 14.7 Å². The third-order valence-corrected chi connectivity index (χ3v) is 3.46. The molecular weight excluding hydrogens is 352 g/mol. The minimum atomic E-state index is -1.04. The number of carbonyl (C=O) groups excluding carboxylic acids is 1. The molecular formula is C14H15BrN4O3. The van der Waals surface area contributed by atoms with E-state index >= 15 is 0 Å². The summed E-state index contributed by atoms with van der Waals surface area (Å²) in [5.41, 5.74) is 0.865. The Balaban J connectivity index is 2.01. The average Bonchev–Trinajstić information content (AvgIpc) is 2.97. The van der Waals surface area contributed by atoms with E-state index in [0.717, 1.165) is 10.0 Å². The molecule has 1 aromatic heterocycles. The van der Waals surface area contributed by atoms with Gasteiger partial charge in [-0.25, -0.2) is 4.98 Å². The number of rotatable bonds is 7. The highest BCUT2D eigenvalue weighted by Gasteiger charge is 2.17. The quantitative estimate of drug-likeness (QED) is 0.802. The van der Waals surface area contributed by atoms with Gasteiger partial charge in [0.15, 0.2) is 0 Å². The van der Waals surface area contributed by atoms with Crippen LogP contribution in [-0.4, -0.2) is 43.2 Å². The Morgan fingerprint density at radius 2 is 2.18 bits per heavy atom. The zero-order valence-corrected chi connectivity index (χ0v) is 13.3. The number of hydrogen-bond acceptors (Lipinski definition) is 4. The summed E-state index contributed by atoms with van der Waals surface area (Å²) in [6, 6.07) is 7.43. The van der Waals surface area contributed by atoms with Gasteiger partial charge >= 0.3 is 5.97 Å². The normalized spacial score (nSPS) is 10.4. The van der Waals surface area contributed by atoms with E-state index in [1.54, 1.807) is 0 Å². The van der Waals surface area contributed by atoms with E-state index in [9.17, 15) is 9.59 Å². The Labute approximate surface area is 135 Å². The van der Waals surface area contributed by atoms with Gasteiger partial charge in [0.25, 0.3) is 0 Å². The van der Waals surface area contributed by atoms with E-state index in [-0.39, 0.29) is 25.4 Å². The van der Waals surface area contributed by atoms with Crippen LogP contribution in [0.25, 0.3) is 0 Å². The van der Waals surface area contributed by atoms with Crippen molar-refractivity contribution in [2.45, 2.75) is 19.5 Å². The van der Waals surface area contributed by atoms with Crippen molar-refractivity contribution in [3.63, 3.8) is 0 Å². The Morgan fingerprint density at radius 1 is 1.36 bits per heavy atom. The first-order chi connectivity index (χ1) is 10.5. The average molecular weight is 367 g/mol. The summed E-state index contributed by atoms with van der Waals surface area (Å²) in [4.78, 5) is 28.3. The van der Waals surface area contributed by atoms with Gasteiger partial charge in [-0.3, -0.25) is 14.3 Å². The van der Waals surface area contributed by atoms with Crippen molar-refractivity contribution in [2.75, 3.05) is 6.54 Å². The highest BCUT2D eigenvalue weighted by molar-refractivity contribution is 9.10. The minimum Gasteiger partial charge on any atom is -0.480 e. The van der Waals surface area contributed by atoms with Crippen molar-refractivity contribution in [1.29, 1.82) is 0 Å². The van der Waals surface area contributed by atoms with E-state index in [4.69, 9.17) is 5.11 Å². The molecule has 0 fully saturated rings. The molecule has 0 atom stereocenters. The van der Waals surface area contributed by atoms with Crippen LogP contribution < -0.4 is 0 Å². The zero-order chi connectivity index (χ0) is 15.9. The maximum absolute atomic E-state index is 12.3. The number of amides is 1. The molecule has 2 rings (SSSR count). The minimum absolute atomic E-state index is 0.171. The van der Waals surface area contributed by atoms with Gasteiger partial charge in [0, 0.05) is 17.4 Å². The molecule has 116 valence electrons. The van der Waals surface area contributed by atoms with Crippen molar-refractivity contribution in [3.05, 3.63) is 47.0 Å². The molecule has 0 bridgehead atoms. The molecule has 0 saturated heterocycles. The van der Waals surface area contributed by atoms with Crippen LogP contribution in [-0.2, 0) is 22.7 Å². The van der Waals surface area contributed by atoms with Gasteiger partial charge in [0.2, 0.25) is 5.91 Å². The second kappa shape index (κ2) is 7.69. The van der Waals surface area contributed by atoms with Gasteiger partial charge in [0.05, 0.1) is 6.54 Å². The van der Waals surface area contributed by atoms with Crippen LogP contribution in [0.15, 0.2) is 41.4 Å². The molecule has 2 aromatic rings. The fourth-order valence-electron chi connectivity index (χ4n) is 1.97. The summed E-state index contributed by atoms with van der Waals surface area (Å²) in [6.45, 7) is 0.290. The molecule has 1 aromatic carbocycles. The van der Waals surface area contributed by atoms with E-state index in [2.05, 4.69) is 26.0 Å². The Hall–Kier alpha value is -2.22. The van der Waals surface area contributed by atoms with Crippen LogP contribution in [0.2, 0.25) is 0 Å². The third-order valence-electron chi connectivity index (χ3n) is 2.96. The first kappa shape index (κ1) is 16.2. The number of carbonyl (C=O) groups is 2. The van der Waals surface area contributed by atoms with Gasteiger partial charge in [-0.2, -0.15) is 5.10 Å². The number of halogens is 1. The molecule has 0 unspecified atom stereocenters. The van der Waals surface area contributed by atoms with Crippen LogP contribution >= 0.6 is 15.9 Å². The van der Waals surface area contributed by atoms with Crippen LogP contribution in [0, 0.1) is 0 Å². The van der Waals surface area contributed by atoms with Crippen LogP contribution in [0.1, 0.15) is 12.0 Å². The van der Waals surface area contributed by atoms with E-state index in [1.165, 1.54) is 22.2 Å². The molecule has 1 amide bonds. The number of carboxylic acids is 1. The lowest BCUT2D eigenvalue weighted by atomic mass is 10.2. The number of nitrogens with zero attached hydrogens (tertiary/aromatic N) is 4. The lowest BCUT2D eigenvalue weighted by Crippen LogP contribution is -2.35. The molecule has 0 saturated carbocycles. The molecule has 0 aliphatic carbocycles. The van der Waals surface area contributed by atoms with Gasteiger partial charge in [-0.1, -0.05) is 28.1 Å². The predicted molar refractivity (Wildman–Crippen MR) is 81.8 cm³/mol. The van der Waals surface area contributed by atoms with Gasteiger partial charge < -0.3 is 10.0 Å². The number of aliphatic carboxylic acids is 1. The summed E-state index contributed by atoms with van der Waals surface area (Å²) in [6.07, 6.45) is 3.08. The molecule has 0 aliphatic heterocycles. The highest BCUT2D eigenvalue weighted by atomic mass is 79.9. The number of hydrogen-bond donors (Lipinski definition) is 1. The summed E-state index contributed by atoms with van der Waals surface area (Å²) in [7, 11) is 0. The first-order valence-corrected chi connectivity index (χ1v) is 7.40. The lowest BCUT2D eigenvalue weighted by molar-refractivity contribution is -0.145. The van der Waals surface area contributed by atoms with Crippen molar-refractivity contribution in [1.82, 2.24) is 19.7 Å². The number of aromatic nitrogens is 3. The van der Waals surface area contributed by atoms with Crippen molar-refractivity contribution in [2.24, 2.45) is 0 Å². The molecule has 7 nitrogen and oxygen atoms in total. The summed E-state index contributed by atoms with van der Waals surface area (Å²) >= 11 is 3.36. The predicted octanol–water partition coefficient (Wildman–Crippen LogP) is 1.54. The SMILES string of the molecule is O=C(O)CN(Cc1cccc(Br)c1)C(=O)CCn1cncn1. The third kappa shape index (κ3) is 4.96. The summed E-state index contributed by atoms with van der Waals surface area (Å²) in [5.74, 6) is -1.28. The second-order valence-electron chi connectivity index (χ2n) is 4.68. The topological polar surface area (TPSA) is 88.3 Å². The van der Waals surface area contributed by atoms with Gasteiger partial charge in [-0.15, -0.1) is 0 Å². The fourth-order valence-corrected chi connectivity index (χ4v) is 2.41. The van der Waals surface area contributed by atoms with E-state index in [1.807, 2.05) is 24.3 Å². The molecule has 1 heterocycles. The van der Waals surface area contributed by atoms with E-state index < -0.39 is 5.97 Å². The number of carboxylic acid groups (broad SMARTS) is 1. The van der Waals surface area contributed by atoms with Crippen molar-refractivity contribution >= 4 is 27.8 Å². The molecule has 0 aliphatic rings. The standard InChI is InChI=1S/C14H15BrN4O3/c15-12-3-1-2-11(6-12)7-18(8-14(21)22)13(20)4-5-19-10-16-9-17-19/h1-3,6,9-10H,4-5,7-8H2,(H,21,22). The molecule has 0 spiro atoms. The zero-order valence-electron chi connectivity index (χ0n) is 11.7. The Kier molecular flexibility index (Phi) is 5.65. The van der Waals surface area contributed by atoms with Crippen LogP contribution in [0.5, 0.6) is 0 Å². The second-order valence-corrected chi connectivity index (χ2v) is 5.60. The first-order valence-electron chi connectivity index (χ1n) is 6.61. The fraction of sp³-hybridized carbons (Fsp3) is 0.286. The monoisotopic (exact) mass is 366 g/mol. The van der Waals surface area contributed by atoms with Crippen molar-refractivity contribution in [3.8, 4) is 0 Å². The maximum Gasteiger partial charge on any atom is 0.323 e. The molecule has 8 heteroatoms. The van der Waals surface area contributed by atoms with E-state index in [0.29, 0.717) is 6.54 Å². The smallest absolute Gasteiger partial charge is 0.323 e. The highest BCUT2D eigenvalue weighted by Crippen LogP contribution is 2.14. The van der Waals surface area contributed by atoms with Crippen LogP contribution in [0.4, 0.5) is 0 Å². The number of benzene rings is 1. The largest absolute Gasteiger partial charge is 0.480 e.